The Kier molecular flexibility index (Phi) is 4.25. The summed E-state index contributed by atoms with van der Waals surface area (Å²) in [6, 6.07) is 2.34. The van der Waals surface area contributed by atoms with Crippen LogP contribution in [0, 0.1) is 0 Å². The molecule has 0 aliphatic carbocycles. The Morgan fingerprint density at radius 3 is 2.87 bits per heavy atom. The molecule has 2 saturated heterocycles. The van der Waals surface area contributed by atoms with E-state index < -0.39 is 0 Å². The number of anilines is 3. The first-order chi connectivity index (χ1) is 11.4. The van der Waals surface area contributed by atoms with Crippen LogP contribution < -0.4 is 15.1 Å². The Morgan fingerprint density at radius 2 is 2.04 bits per heavy atom. The molecule has 0 saturated carbocycles. The molecule has 0 aromatic carbocycles. The summed E-state index contributed by atoms with van der Waals surface area (Å²) in [7, 11) is 0. The Bertz CT molecular complexity index is 631. The summed E-state index contributed by atoms with van der Waals surface area (Å²) >= 11 is 1.69. The number of hydrogen-bond acceptors (Lipinski definition) is 8. The van der Waals surface area contributed by atoms with Gasteiger partial charge < -0.3 is 19.9 Å². The van der Waals surface area contributed by atoms with Crippen molar-refractivity contribution < 1.29 is 4.74 Å². The lowest BCUT2D eigenvalue weighted by molar-refractivity contribution is 0.122. The standard InChI is InChI=1S/C15H20N6OS/c1-3-16-14(20-6-8-22-9-7-20)19-13(1)18-12-2-5-21(11-12)15-17-4-10-23-15/h1,3-4,10,12H,2,5-9,11H2,(H,16,18,19). The number of ether oxygens (including phenoxy) is 1. The number of rotatable bonds is 4. The molecule has 4 rings (SSSR count). The van der Waals surface area contributed by atoms with Crippen molar-refractivity contribution in [2.75, 3.05) is 54.5 Å². The summed E-state index contributed by atoms with van der Waals surface area (Å²) in [6.07, 6.45) is 4.78. The third-order valence-corrected chi connectivity index (χ3v) is 5.00. The molecule has 1 atom stereocenters. The molecule has 1 N–H and O–H groups in total. The second-order valence-electron chi connectivity index (χ2n) is 5.73. The molecule has 0 bridgehead atoms. The summed E-state index contributed by atoms with van der Waals surface area (Å²) in [5.41, 5.74) is 0. The third kappa shape index (κ3) is 3.37. The lowest BCUT2D eigenvalue weighted by atomic mass is 10.2. The molecule has 8 heteroatoms. The van der Waals surface area contributed by atoms with E-state index in [2.05, 4.69) is 30.1 Å². The minimum atomic E-state index is 0.395. The second-order valence-corrected chi connectivity index (χ2v) is 6.60. The normalized spacial score (nSPS) is 21.7. The first kappa shape index (κ1) is 14.6. The van der Waals surface area contributed by atoms with E-state index in [-0.39, 0.29) is 0 Å². The van der Waals surface area contributed by atoms with Crippen molar-refractivity contribution >= 4 is 28.2 Å². The average molecular weight is 332 g/mol. The van der Waals surface area contributed by atoms with E-state index >= 15 is 0 Å². The van der Waals surface area contributed by atoms with E-state index in [1.54, 1.807) is 11.3 Å². The predicted molar refractivity (Wildman–Crippen MR) is 91.4 cm³/mol. The SMILES string of the molecule is c1cc(NC2CCN(c3nccs3)C2)nc(N2CCOCC2)n1. The number of morpholine rings is 1. The van der Waals surface area contributed by atoms with Crippen LogP contribution in [0.2, 0.25) is 0 Å². The molecule has 23 heavy (non-hydrogen) atoms. The van der Waals surface area contributed by atoms with Gasteiger partial charge in [0.05, 0.1) is 13.2 Å². The third-order valence-electron chi connectivity index (χ3n) is 4.17. The van der Waals surface area contributed by atoms with Gasteiger partial charge in [0.15, 0.2) is 5.13 Å². The molecular weight excluding hydrogens is 312 g/mol. The van der Waals surface area contributed by atoms with Crippen LogP contribution in [0.25, 0.3) is 0 Å². The second kappa shape index (κ2) is 6.67. The summed E-state index contributed by atoms with van der Waals surface area (Å²) in [6.45, 7) is 5.19. The molecule has 2 aliphatic heterocycles. The van der Waals surface area contributed by atoms with Gasteiger partial charge in [0.1, 0.15) is 5.82 Å². The molecule has 2 aromatic heterocycles. The van der Waals surface area contributed by atoms with E-state index in [9.17, 15) is 0 Å². The Morgan fingerprint density at radius 1 is 1.13 bits per heavy atom. The lowest BCUT2D eigenvalue weighted by Gasteiger charge is -2.27. The van der Waals surface area contributed by atoms with Crippen molar-refractivity contribution in [3.63, 3.8) is 0 Å². The molecular formula is C15H20N6OS. The van der Waals surface area contributed by atoms with E-state index in [0.29, 0.717) is 6.04 Å². The fourth-order valence-electron chi connectivity index (χ4n) is 2.98. The fourth-order valence-corrected chi connectivity index (χ4v) is 3.66. The van der Waals surface area contributed by atoms with Crippen LogP contribution in [0.5, 0.6) is 0 Å². The molecule has 2 aromatic rings. The van der Waals surface area contributed by atoms with Crippen LogP contribution in [0.4, 0.5) is 16.9 Å². The van der Waals surface area contributed by atoms with Crippen molar-refractivity contribution in [2.45, 2.75) is 12.5 Å². The first-order valence-electron chi connectivity index (χ1n) is 7.95. The number of nitrogens with one attached hydrogen (secondary N) is 1. The molecule has 2 fully saturated rings. The van der Waals surface area contributed by atoms with Crippen LogP contribution in [0.15, 0.2) is 23.8 Å². The van der Waals surface area contributed by atoms with Crippen molar-refractivity contribution in [3.05, 3.63) is 23.8 Å². The zero-order valence-electron chi connectivity index (χ0n) is 12.9. The number of aromatic nitrogens is 3. The van der Waals surface area contributed by atoms with E-state index in [0.717, 1.165) is 62.7 Å². The highest BCUT2D eigenvalue weighted by atomic mass is 32.1. The largest absolute Gasteiger partial charge is 0.378 e. The smallest absolute Gasteiger partial charge is 0.227 e. The van der Waals surface area contributed by atoms with Gasteiger partial charge in [0, 0.05) is 50.0 Å². The monoisotopic (exact) mass is 332 g/mol. The molecule has 0 spiro atoms. The number of thiazole rings is 1. The van der Waals surface area contributed by atoms with E-state index in [1.165, 1.54) is 0 Å². The zero-order valence-corrected chi connectivity index (χ0v) is 13.7. The van der Waals surface area contributed by atoms with Crippen LogP contribution in [-0.2, 0) is 4.74 Å². The summed E-state index contributed by atoms with van der Waals surface area (Å²) in [4.78, 5) is 17.9. The van der Waals surface area contributed by atoms with Crippen LogP contribution >= 0.6 is 11.3 Å². The molecule has 2 aliphatic rings. The Balaban J connectivity index is 1.39. The fraction of sp³-hybridized carbons (Fsp3) is 0.533. The van der Waals surface area contributed by atoms with Gasteiger partial charge in [-0.15, -0.1) is 11.3 Å². The summed E-state index contributed by atoms with van der Waals surface area (Å²) in [5, 5.41) is 6.66. The highest BCUT2D eigenvalue weighted by Crippen LogP contribution is 2.24. The van der Waals surface area contributed by atoms with Crippen molar-refractivity contribution in [3.8, 4) is 0 Å². The molecule has 7 nitrogen and oxygen atoms in total. The minimum Gasteiger partial charge on any atom is -0.378 e. The van der Waals surface area contributed by atoms with Gasteiger partial charge in [0.2, 0.25) is 5.95 Å². The summed E-state index contributed by atoms with van der Waals surface area (Å²) in [5.74, 6) is 1.68. The van der Waals surface area contributed by atoms with E-state index in [1.807, 2.05) is 23.8 Å². The number of hydrogen-bond donors (Lipinski definition) is 1. The van der Waals surface area contributed by atoms with E-state index in [4.69, 9.17) is 4.74 Å². The van der Waals surface area contributed by atoms with Crippen molar-refractivity contribution in [2.24, 2.45) is 0 Å². The van der Waals surface area contributed by atoms with Crippen LogP contribution in [-0.4, -0.2) is 60.4 Å². The van der Waals surface area contributed by atoms with Crippen molar-refractivity contribution in [1.82, 2.24) is 15.0 Å². The van der Waals surface area contributed by atoms with Crippen molar-refractivity contribution in [1.29, 1.82) is 0 Å². The molecule has 1 unspecified atom stereocenters. The lowest BCUT2D eigenvalue weighted by Crippen LogP contribution is -2.37. The van der Waals surface area contributed by atoms with Gasteiger partial charge in [-0.3, -0.25) is 0 Å². The number of nitrogens with zero attached hydrogens (tertiary/aromatic N) is 5. The maximum atomic E-state index is 5.38. The Hall–Kier alpha value is -1.93. The van der Waals surface area contributed by atoms with Crippen LogP contribution in [0.3, 0.4) is 0 Å². The zero-order chi connectivity index (χ0) is 15.5. The maximum Gasteiger partial charge on any atom is 0.227 e. The average Bonchev–Trinajstić information content (AvgIpc) is 3.27. The van der Waals surface area contributed by atoms with Gasteiger partial charge in [0.25, 0.3) is 0 Å². The first-order valence-corrected chi connectivity index (χ1v) is 8.83. The summed E-state index contributed by atoms with van der Waals surface area (Å²) < 4.78 is 5.38. The topological polar surface area (TPSA) is 66.4 Å². The van der Waals surface area contributed by atoms with Crippen LogP contribution in [0.1, 0.15) is 6.42 Å². The van der Waals surface area contributed by atoms with Gasteiger partial charge in [-0.1, -0.05) is 0 Å². The molecule has 4 heterocycles. The Labute approximate surface area is 139 Å². The highest BCUT2D eigenvalue weighted by molar-refractivity contribution is 7.13. The molecule has 0 radical (unpaired) electrons. The van der Waals surface area contributed by atoms with Gasteiger partial charge in [-0.05, 0) is 12.5 Å². The quantitative estimate of drug-likeness (QED) is 0.909. The predicted octanol–water partition coefficient (Wildman–Crippen LogP) is 1.46. The van der Waals surface area contributed by atoms with Gasteiger partial charge in [-0.2, -0.15) is 4.98 Å². The maximum absolute atomic E-state index is 5.38. The highest BCUT2D eigenvalue weighted by Gasteiger charge is 2.24. The minimum absolute atomic E-state index is 0.395. The van der Waals surface area contributed by atoms with Gasteiger partial charge >= 0.3 is 0 Å². The molecule has 122 valence electrons. The molecule has 0 amide bonds. The van der Waals surface area contributed by atoms with Gasteiger partial charge in [-0.25, -0.2) is 9.97 Å².